The third kappa shape index (κ3) is 3.33. The van der Waals surface area contributed by atoms with Crippen LogP contribution in [0.1, 0.15) is 45.4 Å². The van der Waals surface area contributed by atoms with Crippen molar-refractivity contribution >= 4 is 5.57 Å². The molecule has 1 aromatic rings. The Kier molecular flexibility index (Phi) is 6.73. The van der Waals surface area contributed by atoms with Gasteiger partial charge in [-0.1, -0.05) is 32.9 Å². The summed E-state index contributed by atoms with van der Waals surface area (Å²) in [5.41, 5.74) is 3.73. The molecule has 14 heavy (non-hydrogen) atoms. The number of hydrogen-bond acceptors (Lipinski definition) is 1. The Morgan fingerprint density at radius 2 is 2.07 bits per heavy atom. The SMILES string of the molecule is C/C=C(/CC)c1ncccc1C.CC. The van der Waals surface area contributed by atoms with Crippen LogP contribution < -0.4 is 0 Å². The van der Waals surface area contributed by atoms with Gasteiger partial charge >= 0.3 is 0 Å². The van der Waals surface area contributed by atoms with Gasteiger partial charge < -0.3 is 0 Å². The molecule has 1 heterocycles. The standard InChI is InChI=1S/C11H15N.C2H6/c1-4-10(5-2)11-9(3)7-6-8-12-11;1-2/h4,6-8H,5H2,1-3H3;1-2H3/b10-4-;. The number of aromatic nitrogens is 1. The zero-order chi connectivity index (χ0) is 11.0. The smallest absolute Gasteiger partial charge is 0.0687 e. The molecule has 0 fully saturated rings. The van der Waals surface area contributed by atoms with Gasteiger partial charge in [0.15, 0.2) is 0 Å². The third-order valence-electron chi connectivity index (χ3n) is 2.04. The van der Waals surface area contributed by atoms with Crippen molar-refractivity contribution in [1.82, 2.24) is 4.98 Å². The molecule has 0 N–H and O–H groups in total. The summed E-state index contributed by atoms with van der Waals surface area (Å²) >= 11 is 0. The van der Waals surface area contributed by atoms with Gasteiger partial charge in [-0.25, -0.2) is 0 Å². The van der Waals surface area contributed by atoms with Crippen LogP contribution >= 0.6 is 0 Å². The fourth-order valence-corrected chi connectivity index (χ4v) is 1.33. The van der Waals surface area contributed by atoms with Crippen molar-refractivity contribution in [3.63, 3.8) is 0 Å². The molecular weight excluding hydrogens is 170 g/mol. The number of nitrogens with zero attached hydrogens (tertiary/aromatic N) is 1. The Morgan fingerprint density at radius 3 is 2.50 bits per heavy atom. The quantitative estimate of drug-likeness (QED) is 0.681. The number of hydrogen-bond donors (Lipinski definition) is 0. The molecule has 0 saturated heterocycles. The molecule has 0 spiro atoms. The summed E-state index contributed by atoms with van der Waals surface area (Å²) < 4.78 is 0. The summed E-state index contributed by atoms with van der Waals surface area (Å²) in [4.78, 5) is 4.35. The van der Waals surface area contributed by atoms with Gasteiger partial charge in [0, 0.05) is 6.20 Å². The summed E-state index contributed by atoms with van der Waals surface area (Å²) in [5.74, 6) is 0. The number of pyridine rings is 1. The Labute approximate surface area is 87.9 Å². The first kappa shape index (κ1) is 12.9. The molecule has 0 amide bonds. The van der Waals surface area contributed by atoms with Crippen molar-refractivity contribution in [2.45, 2.75) is 41.0 Å². The second-order valence-electron chi connectivity index (χ2n) is 2.84. The van der Waals surface area contributed by atoms with E-state index >= 15 is 0 Å². The van der Waals surface area contributed by atoms with Gasteiger partial charge in [0.2, 0.25) is 0 Å². The molecule has 1 nitrogen and oxygen atoms in total. The minimum absolute atomic E-state index is 1.05. The maximum atomic E-state index is 4.35. The van der Waals surface area contributed by atoms with E-state index in [9.17, 15) is 0 Å². The number of aryl methyl sites for hydroxylation is 1. The Bertz CT molecular complexity index is 287. The molecule has 0 aliphatic rings. The molecule has 0 atom stereocenters. The van der Waals surface area contributed by atoms with E-state index in [1.807, 2.05) is 26.1 Å². The predicted molar refractivity (Wildman–Crippen MR) is 64.3 cm³/mol. The second-order valence-corrected chi connectivity index (χ2v) is 2.84. The Hall–Kier alpha value is -1.11. The fraction of sp³-hybridized carbons (Fsp3) is 0.462. The van der Waals surface area contributed by atoms with Crippen LogP contribution in [0, 0.1) is 6.92 Å². The minimum Gasteiger partial charge on any atom is -0.256 e. The summed E-state index contributed by atoms with van der Waals surface area (Å²) in [6.07, 6.45) is 5.03. The van der Waals surface area contributed by atoms with Crippen LogP contribution in [-0.4, -0.2) is 4.98 Å². The van der Waals surface area contributed by atoms with Gasteiger partial charge in [0.1, 0.15) is 0 Å². The van der Waals surface area contributed by atoms with E-state index < -0.39 is 0 Å². The van der Waals surface area contributed by atoms with E-state index in [1.165, 1.54) is 11.1 Å². The Morgan fingerprint density at radius 1 is 1.43 bits per heavy atom. The topological polar surface area (TPSA) is 12.9 Å². The lowest BCUT2D eigenvalue weighted by Crippen LogP contribution is -1.91. The normalized spacial score (nSPS) is 10.5. The van der Waals surface area contributed by atoms with Crippen LogP contribution in [-0.2, 0) is 0 Å². The molecule has 0 saturated carbocycles. The lowest BCUT2D eigenvalue weighted by molar-refractivity contribution is 1.14. The van der Waals surface area contributed by atoms with Crippen molar-refractivity contribution in [1.29, 1.82) is 0 Å². The first-order chi connectivity index (χ1) is 6.79. The van der Waals surface area contributed by atoms with Gasteiger partial charge in [-0.15, -0.1) is 0 Å². The van der Waals surface area contributed by atoms with E-state index in [1.54, 1.807) is 0 Å². The predicted octanol–water partition coefficient (Wildman–Crippen LogP) is 4.23. The highest BCUT2D eigenvalue weighted by Crippen LogP contribution is 2.18. The number of allylic oxidation sites excluding steroid dienone is 2. The van der Waals surface area contributed by atoms with Crippen molar-refractivity contribution in [2.24, 2.45) is 0 Å². The van der Waals surface area contributed by atoms with Crippen molar-refractivity contribution in [2.75, 3.05) is 0 Å². The average molecular weight is 191 g/mol. The highest BCUT2D eigenvalue weighted by molar-refractivity contribution is 5.64. The second kappa shape index (κ2) is 7.31. The fourth-order valence-electron chi connectivity index (χ4n) is 1.33. The van der Waals surface area contributed by atoms with Gasteiger partial charge in [0.05, 0.1) is 5.69 Å². The highest BCUT2D eigenvalue weighted by atomic mass is 14.7. The first-order valence-electron chi connectivity index (χ1n) is 5.36. The summed E-state index contributed by atoms with van der Waals surface area (Å²) in [7, 11) is 0. The minimum atomic E-state index is 1.05. The molecule has 1 rings (SSSR count). The van der Waals surface area contributed by atoms with Crippen LogP contribution in [0.15, 0.2) is 24.4 Å². The largest absolute Gasteiger partial charge is 0.256 e. The van der Waals surface area contributed by atoms with Crippen LogP contribution in [0.4, 0.5) is 0 Å². The maximum Gasteiger partial charge on any atom is 0.0687 e. The molecule has 0 aromatic carbocycles. The van der Waals surface area contributed by atoms with Gasteiger partial charge in [-0.3, -0.25) is 4.98 Å². The molecule has 0 aliphatic heterocycles. The van der Waals surface area contributed by atoms with Crippen molar-refractivity contribution in [3.8, 4) is 0 Å². The monoisotopic (exact) mass is 191 g/mol. The zero-order valence-electron chi connectivity index (χ0n) is 9.96. The molecule has 0 bridgehead atoms. The van der Waals surface area contributed by atoms with Crippen LogP contribution in [0.2, 0.25) is 0 Å². The van der Waals surface area contributed by atoms with Gasteiger partial charge in [-0.2, -0.15) is 0 Å². The van der Waals surface area contributed by atoms with Crippen LogP contribution in [0.5, 0.6) is 0 Å². The zero-order valence-corrected chi connectivity index (χ0v) is 9.96. The maximum absolute atomic E-state index is 4.35. The molecule has 1 aromatic heterocycles. The summed E-state index contributed by atoms with van der Waals surface area (Å²) in [6, 6.07) is 4.07. The molecule has 0 radical (unpaired) electrons. The van der Waals surface area contributed by atoms with Gasteiger partial charge in [-0.05, 0) is 37.5 Å². The summed E-state index contributed by atoms with van der Waals surface area (Å²) in [6.45, 7) is 10.3. The molecular formula is C13H21N. The molecule has 1 heteroatoms. The molecule has 78 valence electrons. The first-order valence-corrected chi connectivity index (χ1v) is 5.36. The van der Waals surface area contributed by atoms with E-state index in [4.69, 9.17) is 0 Å². The van der Waals surface area contributed by atoms with E-state index in [0.717, 1.165) is 12.1 Å². The van der Waals surface area contributed by atoms with Crippen molar-refractivity contribution in [3.05, 3.63) is 35.7 Å². The van der Waals surface area contributed by atoms with Crippen molar-refractivity contribution < 1.29 is 0 Å². The Balaban J connectivity index is 0.000000791. The highest BCUT2D eigenvalue weighted by Gasteiger charge is 2.01. The van der Waals surface area contributed by atoms with Crippen LogP contribution in [0.3, 0.4) is 0 Å². The number of rotatable bonds is 2. The van der Waals surface area contributed by atoms with E-state index in [0.29, 0.717) is 0 Å². The van der Waals surface area contributed by atoms with E-state index in [-0.39, 0.29) is 0 Å². The molecule has 0 unspecified atom stereocenters. The van der Waals surface area contributed by atoms with E-state index in [2.05, 4.69) is 37.9 Å². The third-order valence-corrected chi connectivity index (χ3v) is 2.04. The van der Waals surface area contributed by atoms with Crippen LogP contribution in [0.25, 0.3) is 5.57 Å². The molecule has 0 aliphatic carbocycles. The lowest BCUT2D eigenvalue weighted by atomic mass is 10.1. The summed E-state index contributed by atoms with van der Waals surface area (Å²) in [5, 5.41) is 0. The lowest BCUT2D eigenvalue weighted by Gasteiger charge is -2.05. The average Bonchev–Trinajstić information content (AvgIpc) is 2.25. The van der Waals surface area contributed by atoms with Gasteiger partial charge in [0.25, 0.3) is 0 Å².